The lowest BCUT2D eigenvalue weighted by Gasteiger charge is -2.41. The molecule has 18 heteroatoms. The first-order valence-electron chi connectivity index (χ1n) is 16.6. The van der Waals surface area contributed by atoms with E-state index in [9.17, 15) is 29.1 Å². The molecule has 1 heterocycles. The zero-order valence-electron chi connectivity index (χ0n) is 29.9. The Labute approximate surface area is 297 Å². The summed E-state index contributed by atoms with van der Waals surface area (Å²) in [5, 5.41) is 21.6. The van der Waals surface area contributed by atoms with Gasteiger partial charge in [-0.3, -0.25) is 9.59 Å². The van der Waals surface area contributed by atoms with Gasteiger partial charge in [0.1, 0.15) is 18.3 Å². The number of hydrogen-bond acceptors (Lipinski definition) is 14. The molecule has 0 aromatic carbocycles. The molecule has 2 aliphatic rings. The number of terminal acetylenes is 1. The summed E-state index contributed by atoms with van der Waals surface area (Å²) in [5.74, 6) is -0.0321. The maximum absolute atomic E-state index is 13.0. The average Bonchev–Trinajstić information content (AvgIpc) is 3.91. The molecular formula is C33H52N4O14. The highest BCUT2D eigenvalue weighted by Gasteiger charge is 2.47. The summed E-state index contributed by atoms with van der Waals surface area (Å²) in [6.07, 6.45) is 1.11. The van der Waals surface area contributed by atoms with Gasteiger partial charge in [0.05, 0.1) is 65.4 Å². The molecule has 0 saturated heterocycles. The summed E-state index contributed by atoms with van der Waals surface area (Å²) in [6, 6.07) is -2.39. The molecule has 0 aromatic rings. The second-order valence-electron chi connectivity index (χ2n) is 12.5. The van der Waals surface area contributed by atoms with Crippen molar-refractivity contribution in [1.82, 2.24) is 21.3 Å². The van der Waals surface area contributed by atoms with Crippen LogP contribution in [0.15, 0.2) is 11.8 Å². The first-order chi connectivity index (χ1) is 24.2. The van der Waals surface area contributed by atoms with Crippen LogP contribution in [0, 0.1) is 18.3 Å². The van der Waals surface area contributed by atoms with Gasteiger partial charge in [-0.25, -0.2) is 14.4 Å². The van der Waals surface area contributed by atoms with E-state index in [0.717, 1.165) is 7.11 Å². The molecule has 51 heavy (non-hydrogen) atoms. The molecule has 1 fully saturated rings. The highest BCUT2D eigenvalue weighted by atomic mass is 16.6. The number of carbonyl (C=O) groups is 5. The van der Waals surface area contributed by atoms with Crippen molar-refractivity contribution >= 4 is 30.0 Å². The lowest BCUT2D eigenvalue weighted by molar-refractivity contribution is -0.148. The molecule has 0 radical (unpaired) electrons. The first kappa shape index (κ1) is 43.0. The Hall–Kier alpha value is -4.15. The van der Waals surface area contributed by atoms with Crippen LogP contribution in [0.3, 0.4) is 0 Å². The Balaban J connectivity index is 2.08. The van der Waals surface area contributed by atoms with Crippen LogP contribution in [0.5, 0.6) is 0 Å². The van der Waals surface area contributed by atoms with Crippen LogP contribution in [0.2, 0.25) is 0 Å². The molecule has 18 nitrogen and oxygen atoms in total. The normalized spacial score (nSPS) is 19.5. The fourth-order valence-corrected chi connectivity index (χ4v) is 4.56. The fraction of sp³-hybridized carbons (Fsp3) is 0.727. The molecule has 2 rings (SSSR count). The van der Waals surface area contributed by atoms with Gasteiger partial charge in [-0.1, -0.05) is 5.92 Å². The average molecular weight is 729 g/mol. The van der Waals surface area contributed by atoms with Crippen LogP contribution in [0.25, 0.3) is 0 Å². The SMILES string of the molecule is C#CCOCCOCCOCCOCCNC(=O)O[C@@H]([C@@H]1OC(C(=O)OC)=C[C@H](NC(=O)OC(C)(C)C)[C@H]1NC(C)=O)[C@H](O)CNC(=O)C1CC1. The van der Waals surface area contributed by atoms with Crippen molar-refractivity contribution < 1.29 is 67.0 Å². The Morgan fingerprint density at radius 1 is 0.941 bits per heavy atom. The molecule has 288 valence electrons. The first-order valence-corrected chi connectivity index (χ1v) is 16.6. The van der Waals surface area contributed by atoms with E-state index in [2.05, 4.69) is 27.2 Å². The van der Waals surface area contributed by atoms with Crippen molar-refractivity contribution in [3.05, 3.63) is 11.8 Å². The highest BCUT2D eigenvalue weighted by Crippen LogP contribution is 2.29. The third kappa shape index (κ3) is 17.6. The number of aliphatic hydroxyl groups is 1. The van der Waals surface area contributed by atoms with Crippen molar-refractivity contribution in [1.29, 1.82) is 0 Å². The number of methoxy groups -OCH3 is 1. The zero-order valence-corrected chi connectivity index (χ0v) is 29.9. The summed E-state index contributed by atoms with van der Waals surface area (Å²) in [7, 11) is 1.10. The summed E-state index contributed by atoms with van der Waals surface area (Å²) in [4.78, 5) is 63.2. The Morgan fingerprint density at radius 3 is 2.10 bits per heavy atom. The monoisotopic (exact) mass is 728 g/mol. The van der Waals surface area contributed by atoms with Crippen molar-refractivity contribution in [2.45, 2.75) is 76.5 Å². The number of aliphatic hydroxyl groups excluding tert-OH is 1. The molecule has 1 saturated carbocycles. The number of rotatable bonds is 22. The van der Waals surface area contributed by atoms with Crippen LogP contribution >= 0.6 is 0 Å². The Morgan fingerprint density at radius 2 is 1.55 bits per heavy atom. The maximum atomic E-state index is 13.0. The summed E-state index contributed by atoms with van der Waals surface area (Å²) in [5.41, 5.74) is -0.892. The third-order valence-electron chi connectivity index (χ3n) is 6.97. The van der Waals surface area contributed by atoms with E-state index in [0.29, 0.717) is 39.3 Å². The standard InChI is InChI=1S/C33H52N4O14/c1-7-11-45-13-15-47-17-18-48-16-14-46-12-10-34-31(42)50-27(24(39)20-35-29(40)22-8-9-22)28-26(36-21(2)38)23(19-25(49-28)30(41)44-6)37-32(43)51-33(3,4)5/h1,19,22-24,26-28,39H,8-18,20H2,2-6H3,(H,34,42)(H,35,40)(H,36,38)(H,37,43)/t23-,24+,26+,27+,28+/m0/s1. The van der Waals surface area contributed by atoms with Gasteiger partial charge in [-0.15, -0.1) is 6.42 Å². The number of amides is 4. The number of ether oxygens (including phenoxy) is 8. The van der Waals surface area contributed by atoms with Gasteiger partial charge >= 0.3 is 18.2 Å². The topological polar surface area (TPSA) is 228 Å². The van der Waals surface area contributed by atoms with Gasteiger partial charge in [-0.2, -0.15) is 0 Å². The second-order valence-corrected chi connectivity index (χ2v) is 12.5. The lowest BCUT2D eigenvalue weighted by atomic mass is 9.91. The molecule has 1 aliphatic heterocycles. The number of carbonyl (C=O) groups excluding carboxylic acids is 5. The van der Waals surface area contributed by atoms with E-state index >= 15 is 0 Å². The van der Waals surface area contributed by atoms with Crippen molar-refractivity contribution in [2.75, 3.05) is 73.1 Å². The second kappa shape index (κ2) is 22.6. The molecular weight excluding hydrogens is 676 g/mol. The smallest absolute Gasteiger partial charge is 0.408 e. The van der Waals surface area contributed by atoms with Crippen LogP contribution in [0.4, 0.5) is 9.59 Å². The predicted molar refractivity (Wildman–Crippen MR) is 178 cm³/mol. The molecule has 0 unspecified atom stereocenters. The van der Waals surface area contributed by atoms with Crippen LogP contribution in [0.1, 0.15) is 40.5 Å². The van der Waals surface area contributed by atoms with E-state index < -0.39 is 65.8 Å². The van der Waals surface area contributed by atoms with Gasteiger partial charge in [0.15, 0.2) is 12.2 Å². The minimum atomic E-state index is -1.61. The van der Waals surface area contributed by atoms with Gasteiger partial charge in [0.25, 0.3) is 0 Å². The minimum Gasteiger partial charge on any atom is -0.477 e. The quantitative estimate of drug-likeness (QED) is 0.0411. The molecule has 0 aromatic heterocycles. The van der Waals surface area contributed by atoms with Crippen LogP contribution in [-0.2, 0) is 52.3 Å². The largest absolute Gasteiger partial charge is 0.477 e. The lowest BCUT2D eigenvalue weighted by Crippen LogP contribution is -2.65. The van der Waals surface area contributed by atoms with Gasteiger partial charge in [-0.05, 0) is 39.7 Å². The van der Waals surface area contributed by atoms with Gasteiger partial charge in [0, 0.05) is 25.9 Å². The number of hydrogen-bond donors (Lipinski definition) is 5. The van der Waals surface area contributed by atoms with Crippen LogP contribution < -0.4 is 21.3 Å². The summed E-state index contributed by atoms with van der Waals surface area (Å²) < 4.78 is 43.0. The Kier molecular flexibility index (Phi) is 19.1. The zero-order chi connectivity index (χ0) is 37.8. The van der Waals surface area contributed by atoms with E-state index in [1.807, 2.05) is 0 Å². The van der Waals surface area contributed by atoms with Crippen LogP contribution in [-0.4, -0.2) is 144 Å². The van der Waals surface area contributed by atoms with Crippen molar-refractivity contribution in [3.63, 3.8) is 0 Å². The third-order valence-corrected chi connectivity index (χ3v) is 6.97. The summed E-state index contributed by atoms with van der Waals surface area (Å²) >= 11 is 0. The van der Waals surface area contributed by atoms with E-state index in [1.54, 1.807) is 20.8 Å². The molecule has 4 amide bonds. The van der Waals surface area contributed by atoms with Gasteiger partial charge in [0.2, 0.25) is 17.6 Å². The van der Waals surface area contributed by atoms with E-state index in [1.165, 1.54) is 13.0 Å². The molecule has 5 N–H and O–H groups in total. The fourth-order valence-electron chi connectivity index (χ4n) is 4.56. The van der Waals surface area contributed by atoms with E-state index in [4.69, 9.17) is 44.3 Å². The minimum absolute atomic E-state index is 0.00236. The number of nitrogens with one attached hydrogen (secondary N) is 4. The van der Waals surface area contributed by atoms with Crippen molar-refractivity contribution in [3.8, 4) is 12.3 Å². The highest BCUT2D eigenvalue weighted by molar-refractivity contribution is 5.87. The Bertz CT molecular complexity index is 1210. The number of esters is 1. The van der Waals surface area contributed by atoms with Gasteiger partial charge < -0.3 is 64.3 Å². The summed E-state index contributed by atoms with van der Waals surface area (Å²) in [6.45, 7) is 8.08. The van der Waals surface area contributed by atoms with E-state index in [-0.39, 0.29) is 51.3 Å². The van der Waals surface area contributed by atoms with Crippen molar-refractivity contribution in [2.24, 2.45) is 5.92 Å². The number of alkyl carbamates (subject to hydrolysis) is 2. The molecule has 5 atom stereocenters. The maximum Gasteiger partial charge on any atom is 0.408 e. The molecule has 1 aliphatic carbocycles. The predicted octanol–water partition coefficient (Wildman–Crippen LogP) is -0.478. The molecule has 0 bridgehead atoms. The molecule has 0 spiro atoms.